The predicted octanol–water partition coefficient (Wildman–Crippen LogP) is 3.08. The zero-order chi connectivity index (χ0) is 15.9. The first kappa shape index (κ1) is 15.6. The Morgan fingerprint density at radius 2 is 1.95 bits per heavy atom. The van der Waals surface area contributed by atoms with Gasteiger partial charge in [0.05, 0.1) is 7.11 Å². The number of rotatable bonds is 6. The number of ether oxygens (including phenoxy) is 2. The molecule has 0 radical (unpaired) electrons. The summed E-state index contributed by atoms with van der Waals surface area (Å²) in [6, 6.07) is 13.4. The molecule has 0 unspecified atom stereocenters. The third kappa shape index (κ3) is 4.12. The zero-order valence-corrected chi connectivity index (χ0v) is 12.7. The average molecular weight is 297 g/mol. The lowest BCUT2D eigenvalue weighted by atomic mass is 10.1. The predicted molar refractivity (Wildman–Crippen MR) is 86.7 cm³/mol. The van der Waals surface area contributed by atoms with E-state index in [1.165, 1.54) is 6.08 Å². The lowest BCUT2D eigenvalue weighted by molar-refractivity contribution is -0.113. The van der Waals surface area contributed by atoms with Gasteiger partial charge < -0.3 is 15.2 Å². The highest BCUT2D eigenvalue weighted by atomic mass is 16.5. The summed E-state index contributed by atoms with van der Waals surface area (Å²) in [6.45, 7) is 2.38. The Kier molecular flexibility index (Phi) is 5.20. The van der Waals surface area contributed by atoms with Crippen molar-refractivity contribution in [3.8, 4) is 11.5 Å². The molecule has 0 aliphatic heterocycles. The van der Waals surface area contributed by atoms with Crippen LogP contribution in [0.1, 0.15) is 16.7 Å². The summed E-state index contributed by atoms with van der Waals surface area (Å²) in [7, 11) is 1.62. The minimum atomic E-state index is -0.478. The fraction of sp³-hybridized carbons (Fsp3) is 0.167. The van der Waals surface area contributed by atoms with Gasteiger partial charge in [-0.1, -0.05) is 24.3 Å². The molecule has 0 bridgehead atoms. The van der Waals surface area contributed by atoms with Gasteiger partial charge in [-0.05, 0) is 42.3 Å². The largest absolute Gasteiger partial charge is 0.496 e. The van der Waals surface area contributed by atoms with E-state index in [0.29, 0.717) is 6.61 Å². The third-order valence-electron chi connectivity index (χ3n) is 3.22. The summed E-state index contributed by atoms with van der Waals surface area (Å²) in [6.07, 6.45) is 2.99. The molecule has 0 atom stereocenters. The molecule has 4 heteroatoms. The van der Waals surface area contributed by atoms with Gasteiger partial charge in [-0.2, -0.15) is 0 Å². The second kappa shape index (κ2) is 7.31. The SMILES string of the molecule is COc1ccc(/C=C\C(N)=O)cc1COc1ccccc1C. The van der Waals surface area contributed by atoms with Crippen LogP contribution in [-0.4, -0.2) is 13.0 Å². The second-order valence-electron chi connectivity index (χ2n) is 4.86. The van der Waals surface area contributed by atoms with Gasteiger partial charge >= 0.3 is 0 Å². The summed E-state index contributed by atoms with van der Waals surface area (Å²) in [4.78, 5) is 10.8. The van der Waals surface area contributed by atoms with E-state index >= 15 is 0 Å². The Bertz CT molecular complexity index is 692. The maximum absolute atomic E-state index is 10.8. The van der Waals surface area contributed by atoms with Gasteiger partial charge in [-0.25, -0.2) is 0 Å². The third-order valence-corrected chi connectivity index (χ3v) is 3.22. The number of para-hydroxylation sites is 1. The lowest BCUT2D eigenvalue weighted by Gasteiger charge is -2.12. The highest BCUT2D eigenvalue weighted by molar-refractivity contribution is 5.90. The molecule has 0 aliphatic carbocycles. The van der Waals surface area contributed by atoms with Crippen LogP contribution in [0.5, 0.6) is 11.5 Å². The van der Waals surface area contributed by atoms with E-state index in [4.69, 9.17) is 15.2 Å². The Labute approximate surface area is 130 Å². The summed E-state index contributed by atoms with van der Waals surface area (Å²) in [5.41, 5.74) is 7.95. The molecule has 0 heterocycles. The number of aryl methyl sites for hydroxylation is 1. The van der Waals surface area contributed by atoms with E-state index in [0.717, 1.165) is 28.2 Å². The molecule has 4 nitrogen and oxygen atoms in total. The van der Waals surface area contributed by atoms with Crippen molar-refractivity contribution in [2.75, 3.05) is 7.11 Å². The normalized spacial score (nSPS) is 10.6. The van der Waals surface area contributed by atoms with Crippen LogP contribution in [0.2, 0.25) is 0 Å². The van der Waals surface area contributed by atoms with Crippen molar-refractivity contribution in [3.05, 3.63) is 65.2 Å². The summed E-state index contributed by atoms with van der Waals surface area (Å²) >= 11 is 0. The average Bonchev–Trinajstić information content (AvgIpc) is 2.52. The van der Waals surface area contributed by atoms with Gasteiger partial charge in [0.15, 0.2) is 0 Å². The standard InChI is InChI=1S/C18H19NO3/c1-13-5-3-4-6-16(13)22-12-15-11-14(8-10-18(19)20)7-9-17(15)21-2/h3-11H,12H2,1-2H3,(H2,19,20)/b10-8-. The molecule has 2 aromatic rings. The number of hydrogen-bond donors (Lipinski definition) is 1. The van der Waals surface area contributed by atoms with E-state index in [2.05, 4.69) is 0 Å². The maximum Gasteiger partial charge on any atom is 0.241 e. The van der Waals surface area contributed by atoms with Crippen LogP contribution in [0.4, 0.5) is 0 Å². The van der Waals surface area contributed by atoms with E-state index in [1.807, 2.05) is 49.4 Å². The number of benzene rings is 2. The molecule has 2 N–H and O–H groups in total. The monoisotopic (exact) mass is 297 g/mol. The van der Waals surface area contributed by atoms with Crippen molar-refractivity contribution >= 4 is 12.0 Å². The minimum Gasteiger partial charge on any atom is -0.496 e. The van der Waals surface area contributed by atoms with Gasteiger partial charge in [0.1, 0.15) is 18.1 Å². The van der Waals surface area contributed by atoms with Crippen LogP contribution in [0.25, 0.3) is 6.08 Å². The molecule has 2 aromatic carbocycles. The summed E-state index contributed by atoms with van der Waals surface area (Å²) in [5, 5.41) is 0. The van der Waals surface area contributed by atoms with Crippen molar-refractivity contribution in [2.45, 2.75) is 13.5 Å². The molecule has 0 aromatic heterocycles. The van der Waals surface area contributed by atoms with Crippen molar-refractivity contribution in [3.63, 3.8) is 0 Å². The first-order chi connectivity index (χ1) is 10.6. The highest BCUT2D eigenvalue weighted by Gasteiger charge is 2.06. The number of methoxy groups -OCH3 is 1. The van der Waals surface area contributed by atoms with E-state index in [-0.39, 0.29) is 0 Å². The van der Waals surface area contributed by atoms with Gasteiger partial charge in [0.25, 0.3) is 0 Å². The van der Waals surface area contributed by atoms with Crippen molar-refractivity contribution < 1.29 is 14.3 Å². The van der Waals surface area contributed by atoms with Gasteiger partial charge in [0, 0.05) is 11.6 Å². The first-order valence-electron chi connectivity index (χ1n) is 6.93. The molecule has 2 rings (SSSR count). The molecular formula is C18H19NO3. The molecule has 0 fully saturated rings. The Balaban J connectivity index is 2.19. The summed E-state index contributed by atoms with van der Waals surface area (Å²) in [5.74, 6) is 1.10. The van der Waals surface area contributed by atoms with E-state index < -0.39 is 5.91 Å². The van der Waals surface area contributed by atoms with Crippen LogP contribution in [-0.2, 0) is 11.4 Å². The molecule has 114 valence electrons. The van der Waals surface area contributed by atoms with E-state index in [9.17, 15) is 4.79 Å². The van der Waals surface area contributed by atoms with Crippen molar-refractivity contribution in [2.24, 2.45) is 5.73 Å². The highest BCUT2D eigenvalue weighted by Crippen LogP contribution is 2.24. The second-order valence-corrected chi connectivity index (χ2v) is 4.86. The van der Waals surface area contributed by atoms with Crippen LogP contribution >= 0.6 is 0 Å². The Morgan fingerprint density at radius 1 is 1.18 bits per heavy atom. The Morgan fingerprint density at radius 3 is 2.64 bits per heavy atom. The lowest BCUT2D eigenvalue weighted by Crippen LogP contribution is -2.05. The molecule has 0 saturated heterocycles. The summed E-state index contributed by atoms with van der Waals surface area (Å²) < 4.78 is 11.2. The molecular weight excluding hydrogens is 278 g/mol. The number of amides is 1. The minimum absolute atomic E-state index is 0.381. The smallest absolute Gasteiger partial charge is 0.241 e. The number of hydrogen-bond acceptors (Lipinski definition) is 3. The van der Waals surface area contributed by atoms with Crippen molar-refractivity contribution in [1.29, 1.82) is 0 Å². The molecule has 22 heavy (non-hydrogen) atoms. The van der Waals surface area contributed by atoms with Gasteiger partial charge in [-0.15, -0.1) is 0 Å². The molecule has 0 spiro atoms. The van der Waals surface area contributed by atoms with Crippen LogP contribution in [0, 0.1) is 6.92 Å². The zero-order valence-electron chi connectivity index (χ0n) is 12.7. The number of carbonyl (C=O) groups excluding carboxylic acids is 1. The molecule has 1 amide bonds. The van der Waals surface area contributed by atoms with Crippen LogP contribution in [0.15, 0.2) is 48.5 Å². The number of nitrogens with two attached hydrogens (primary N) is 1. The van der Waals surface area contributed by atoms with Crippen LogP contribution < -0.4 is 15.2 Å². The van der Waals surface area contributed by atoms with Gasteiger partial charge in [-0.3, -0.25) is 4.79 Å². The fourth-order valence-electron chi connectivity index (χ4n) is 2.07. The number of carbonyl (C=O) groups is 1. The topological polar surface area (TPSA) is 61.5 Å². The van der Waals surface area contributed by atoms with E-state index in [1.54, 1.807) is 13.2 Å². The molecule has 0 aliphatic rings. The van der Waals surface area contributed by atoms with Crippen molar-refractivity contribution in [1.82, 2.24) is 0 Å². The quantitative estimate of drug-likeness (QED) is 0.833. The first-order valence-corrected chi connectivity index (χ1v) is 6.93. The Hall–Kier alpha value is -2.75. The number of primary amides is 1. The van der Waals surface area contributed by atoms with Gasteiger partial charge in [0.2, 0.25) is 5.91 Å². The maximum atomic E-state index is 10.8. The van der Waals surface area contributed by atoms with Crippen LogP contribution in [0.3, 0.4) is 0 Å². The fourth-order valence-corrected chi connectivity index (χ4v) is 2.07. The molecule has 0 saturated carbocycles.